The molecule has 6 nitrogen and oxygen atoms in total. The predicted octanol–water partition coefficient (Wildman–Crippen LogP) is 0.464. The van der Waals surface area contributed by atoms with Crippen LogP contribution >= 0.6 is 11.6 Å². The Hall–Kier alpha value is -1.11. The Morgan fingerprint density at radius 1 is 1.53 bits per heavy atom. The van der Waals surface area contributed by atoms with Gasteiger partial charge in [-0.05, 0) is 18.5 Å². The van der Waals surface area contributed by atoms with Gasteiger partial charge >= 0.3 is 0 Å². The first-order chi connectivity index (χ1) is 7.95. The lowest BCUT2D eigenvalue weighted by Gasteiger charge is -2.23. The summed E-state index contributed by atoms with van der Waals surface area (Å²) in [4.78, 5) is 9.72. The number of nitrogen functional groups attached to an aromatic ring is 1. The lowest BCUT2D eigenvalue weighted by Crippen LogP contribution is -2.33. The van der Waals surface area contributed by atoms with Crippen LogP contribution in [-0.2, 0) is 4.74 Å². The standard InChI is InChI=1S/C10H17ClN4O2/c1-6-8(12)9(14-10(11)13-6)15(2)4-7(16)5-17-3/h7,16H,4-5,12H2,1-3H3. The number of hydrogen-bond acceptors (Lipinski definition) is 6. The second-order valence-corrected chi connectivity index (χ2v) is 4.14. The molecule has 96 valence electrons. The molecule has 1 aromatic heterocycles. The summed E-state index contributed by atoms with van der Waals surface area (Å²) in [7, 11) is 3.30. The first-order valence-corrected chi connectivity index (χ1v) is 5.51. The number of likely N-dealkylation sites (N-methyl/N-ethyl adjacent to an activating group) is 1. The van der Waals surface area contributed by atoms with Crippen molar-refractivity contribution < 1.29 is 9.84 Å². The molecule has 0 amide bonds. The fourth-order valence-corrected chi connectivity index (χ4v) is 1.68. The van der Waals surface area contributed by atoms with Crippen LogP contribution in [0.3, 0.4) is 0 Å². The van der Waals surface area contributed by atoms with Gasteiger partial charge in [-0.1, -0.05) is 0 Å². The fraction of sp³-hybridized carbons (Fsp3) is 0.600. The number of rotatable bonds is 5. The van der Waals surface area contributed by atoms with Crippen LogP contribution in [0.5, 0.6) is 0 Å². The van der Waals surface area contributed by atoms with Crippen molar-refractivity contribution in [2.45, 2.75) is 13.0 Å². The summed E-state index contributed by atoms with van der Waals surface area (Å²) in [6.07, 6.45) is -0.613. The number of aliphatic hydroxyl groups is 1. The number of aromatic nitrogens is 2. The highest BCUT2D eigenvalue weighted by Crippen LogP contribution is 2.23. The highest BCUT2D eigenvalue weighted by Gasteiger charge is 2.15. The molecule has 1 rings (SSSR count). The zero-order chi connectivity index (χ0) is 13.0. The van der Waals surface area contributed by atoms with E-state index in [0.717, 1.165) is 0 Å². The molecule has 17 heavy (non-hydrogen) atoms. The molecule has 3 N–H and O–H groups in total. The number of methoxy groups -OCH3 is 1. The molecule has 1 heterocycles. The number of aryl methyl sites for hydroxylation is 1. The van der Waals surface area contributed by atoms with Crippen molar-refractivity contribution in [2.24, 2.45) is 0 Å². The Morgan fingerprint density at radius 3 is 2.76 bits per heavy atom. The van der Waals surface area contributed by atoms with Crippen LogP contribution in [0.4, 0.5) is 11.5 Å². The molecule has 0 aliphatic heterocycles. The number of halogens is 1. The van der Waals surface area contributed by atoms with Crippen molar-refractivity contribution >= 4 is 23.1 Å². The van der Waals surface area contributed by atoms with Gasteiger partial charge in [0, 0.05) is 20.7 Å². The van der Waals surface area contributed by atoms with E-state index < -0.39 is 6.10 Å². The molecule has 1 unspecified atom stereocenters. The summed E-state index contributed by atoms with van der Waals surface area (Å²) in [6, 6.07) is 0. The first kappa shape index (κ1) is 14.0. The number of hydrogen-bond donors (Lipinski definition) is 2. The average molecular weight is 261 g/mol. The third kappa shape index (κ3) is 3.69. The summed E-state index contributed by atoms with van der Waals surface area (Å²) in [5.74, 6) is 0.512. The Bertz CT molecular complexity index is 389. The minimum absolute atomic E-state index is 0.139. The van der Waals surface area contributed by atoms with Crippen molar-refractivity contribution in [3.05, 3.63) is 11.0 Å². The zero-order valence-corrected chi connectivity index (χ0v) is 10.9. The maximum absolute atomic E-state index is 9.63. The molecular weight excluding hydrogens is 244 g/mol. The Balaban J connectivity index is 2.85. The van der Waals surface area contributed by atoms with Crippen LogP contribution in [0.1, 0.15) is 5.69 Å². The van der Waals surface area contributed by atoms with Gasteiger partial charge < -0.3 is 20.5 Å². The van der Waals surface area contributed by atoms with E-state index in [1.807, 2.05) is 0 Å². The zero-order valence-electron chi connectivity index (χ0n) is 10.1. The average Bonchev–Trinajstić information content (AvgIpc) is 2.23. The second kappa shape index (κ2) is 6.00. The van der Waals surface area contributed by atoms with Crippen molar-refractivity contribution in [2.75, 3.05) is 37.9 Å². The molecular formula is C10H17ClN4O2. The van der Waals surface area contributed by atoms with Gasteiger partial charge in [-0.15, -0.1) is 0 Å². The van der Waals surface area contributed by atoms with Gasteiger partial charge in [0.25, 0.3) is 0 Å². The Morgan fingerprint density at radius 2 is 2.18 bits per heavy atom. The molecule has 0 bridgehead atoms. The van der Waals surface area contributed by atoms with E-state index in [0.29, 0.717) is 23.7 Å². The van der Waals surface area contributed by atoms with Crippen molar-refractivity contribution in [1.29, 1.82) is 0 Å². The molecule has 1 atom stereocenters. The van der Waals surface area contributed by atoms with Crippen molar-refractivity contribution in [3.8, 4) is 0 Å². The molecule has 0 radical (unpaired) electrons. The quantitative estimate of drug-likeness (QED) is 0.749. The minimum atomic E-state index is -0.613. The van der Waals surface area contributed by atoms with E-state index in [2.05, 4.69) is 9.97 Å². The summed E-state index contributed by atoms with van der Waals surface area (Å²) < 4.78 is 4.85. The summed E-state index contributed by atoms with van der Waals surface area (Å²) >= 11 is 5.77. The van der Waals surface area contributed by atoms with Gasteiger partial charge in [0.2, 0.25) is 5.28 Å². The van der Waals surface area contributed by atoms with E-state index in [1.165, 1.54) is 7.11 Å². The molecule has 7 heteroatoms. The van der Waals surface area contributed by atoms with Gasteiger partial charge in [-0.3, -0.25) is 0 Å². The first-order valence-electron chi connectivity index (χ1n) is 5.13. The van der Waals surface area contributed by atoms with E-state index in [-0.39, 0.29) is 11.9 Å². The molecule has 0 fully saturated rings. The molecule has 0 spiro atoms. The molecule has 0 aliphatic rings. The second-order valence-electron chi connectivity index (χ2n) is 3.81. The molecule has 0 aromatic carbocycles. The highest BCUT2D eigenvalue weighted by atomic mass is 35.5. The fourth-order valence-electron chi connectivity index (χ4n) is 1.47. The number of ether oxygens (including phenoxy) is 1. The van der Waals surface area contributed by atoms with Crippen LogP contribution in [0.2, 0.25) is 5.28 Å². The normalized spacial score (nSPS) is 12.5. The van der Waals surface area contributed by atoms with Crippen LogP contribution < -0.4 is 10.6 Å². The largest absolute Gasteiger partial charge is 0.394 e. The van der Waals surface area contributed by atoms with Gasteiger partial charge in [0.05, 0.1) is 24.1 Å². The van der Waals surface area contributed by atoms with E-state index in [1.54, 1.807) is 18.9 Å². The van der Waals surface area contributed by atoms with Crippen LogP contribution in [0.25, 0.3) is 0 Å². The number of anilines is 2. The van der Waals surface area contributed by atoms with E-state index in [9.17, 15) is 5.11 Å². The predicted molar refractivity (Wildman–Crippen MR) is 67.3 cm³/mol. The van der Waals surface area contributed by atoms with Crippen molar-refractivity contribution in [1.82, 2.24) is 9.97 Å². The Kier molecular flexibility index (Phi) is 4.92. The number of nitrogens with two attached hydrogens (primary N) is 1. The van der Waals surface area contributed by atoms with Crippen LogP contribution in [-0.4, -0.2) is 48.5 Å². The molecule has 0 aliphatic carbocycles. The number of aliphatic hydroxyl groups excluding tert-OH is 1. The minimum Gasteiger partial charge on any atom is -0.394 e. The molecule has 0 saturated heterocycles. The smallest absolute Gasteiger partial charge is 0.224 e. The Labute approximate surface area is 105 Å². The summed E-state index contributed by atoms with van der Waals surface area (Å²) in [5, 5.41) is 9.77. The topological polar surface area (TPSA) is 84.5 Å². The molecule has 1 aromatic rings. The molecule has 0 saturated carbocycles. The summed E-state index contributed by atoms with van der Waals surface area (Å²) in [5.41, 5.74) is 6.94. The third-order valence-corrected chi connectivity index (χ3v) is 2.46. The monoisotopic (exact) mass is 260 g/mol. The third-order valence-electron chi connectivity index (χ3n) is 2.29. The van der Waals surface area contributed by atoms with E-state index in [4.69, 9.17) is 22.1 Å². The highest BCUT2D eigenvalue weighted by molar-refractivity contribution is 6.28. The maximum Gasteiger partial charge on any atom is 0.224 e. The lowest BCUT2D eigenvalue weighted by atomic mass is 10.3. The van der Waals surface area contributed by atoms with Crippen LogP contribution in [0.15, 0.2) is 0 Å². The van der Waals surface area contributed by atoms with E-state index >= 15 is 0 Å². The van der Waals surface area contributed by atoms with Gasteiger partial charge in [0.15, 0.2) is 5.82 Å². The maximum atomic E-state index is 9.63. The van der Waals surface area contributed by atoms with Gasteiger partial charge in [0.1, 0.15) is 0 Å². The van der Waals surface area contributed by atoms with Gasteiger partial charge in [-0.2, -0.15) is 4.98 Å². The lowest BCUT2D eigenvalue weighted by molar-refractivity contribution is 0.0694. The number of nitrogens with zero attached hydrogens (tertiary/aromatic N) is 3. The summed E-state index contributed by atoms with van der Waals surface area (Å²) in [6.45, 7) is 2.36. The van der Waals surface area contributed by atoms with Crippen molar-refractivity contribution in [3.63, 3.8) is 0 Å². The van der Waals surface area contributed by atoms with Gasteiger partial charge in [-0.25, -0.2) is 4.98 Å². The van der Waals surface area contributed by atoms with Crippen LogP contribution in [0, 0.1) is 6.92 Å². The SMILES string of the molecule is COCC(O)CN(C)c1nc(Cl)nc(C)c1N.